The molecule has 0 unspecified atom stereocenters. The fraction of sp³-hybridized carbons (Fsp3) is 0.167. The van der Waals surface area contributed by atoms with Crippen molar-refractivity contribution < 1.29 is 32.5 Å². The number of carbonyl (C=O) groups is 1. The fourth-order valence-electron chi connectivity index (χ4n) is 2.16. The Balaban J connectivity index is 2.39. The monoisotopic (exact) mass is 352 g/mol. The smallest absolute Gasteiger partial charge is 0.416 e. The molecule has 2 rings (SSSR count). The van der Waals surface area contributed by atoms with Crippen molar-refractivity contribution in [3.05, 3.63) is 58.7 Å². The fourth-order valence-corrected chi connectivity index (χ4v) is 2.16. The van der Waals surface area contributed by atoms with Crippen LogP contribution in [0, 0.1) is 0 Å². The van der Waals surface area contributed by atoms with Gasteiger partial charge in [0.05, 0.1) is 19.8 Å². The molecule has 0 heterocycles. The third-order valence-corrected chi connectivity index (χ3v) is 3.44. The van der Waals surface area contributed by atoms with E-state index in [0.717, 1.165) is 12.1 Å². The van der Waals surface area contributed by atoms with Gasteiger partial charge in [0.25, 0.3) is 0 Å². The number of benzene rings is 2. The highest BCUT2D eigenvalue weighted by Crippen LogP contribution is 2.31. The van der Waals surface area contributed by atoms with Crippen LogP contribution in [-0.2, 0) is 10.9 Å². The van der Waals surface area contributed by atoms with E-state index in [0.29, 0.717) is 16.9 Å². The molecule has 0 aliphatic heterocycles. The van der Waals surface area contributed by atoms with Crippen LogP contribution in [-0.4, -0.2) is 25.3 Å². The number of halogens is 3. The first-order valence-electron chi connectivity index (χ1n) is 7.11. The third-order valence-electron chi connectivity index (χ3n) is 3.44. The normalized spacial score (nSPS) is 11.6. The Morgan fingerprint density at radius 3 is 2.24 bits per heavy atom. The summed E-state index contributed by atoms with van der Waals surface area (Å²) in [5.74, 6) is -0.747. The zero-order valence-electron chi connectivity index (χ0n) is 13.4. The minimum atomic E-state index is -4.40. The maximum Gasteiger partial charge on any atom is 0.416 e. The lowest BCUT2D eigenvalue weighted by atomic mass is 10.0. The third kappa shape index (κ3) is 4.32. The maximum atomic E-state index is 12.6. The van der Waals surface area contributed by atoms with E-state index in [1.165, 1.54) is 50.6 Å². The summed E-state index contributed by atoms with van der Waals surface area (Å²) in [5, 5.41) is 9.99. The number of carbonyl (C=O) groups excluding carboxylic acids is 1. The quantitative estimate of drug-likeness (QED) is 0.655. The van der Waals surface area contributed by atoms with Gasteiger partial charge in [0.15, 0.2) is 0 Å². The molecule has 0 saturated heterocycles. The molecule has 4 nitrogen and oxygen atoms in total. The predicted molar refractivity (Wildman–Crippen MR) is 86.4 cm³/mol. The average Bonchev–Trinajstić information content (AvgIpc) is 2.58. The van der Waals surface area contributed by atoms with E-state index in [-0.39, 0.29) is 11.3 Å². The van der Waals surface area contributed by atoms with Gasteiger partial charge in [0.1, 0.15) is 17.1 Å². The number of phenolic OH excluding ortho intramolecular Hbond substituents is 1. The highest BCUT2D eigenvalue weighted by atomic mass is 19.4. The Labute approximate surface area is 142 Å². The molecule has 0 aliphatic carbocycles. The number of alkyl halides is 3. The van der Waals surface area contributed by atoms with Crippen LogP contribution in [0.15, 0.2) is 36.4 Å². The van der Waals surface area contributed by atoms with Gasteiger partial charge in [0, 0.05) is 6.07 Å². The molecule has 0 bridgehead atoms. The summed E-state index contributed by atoms with van der Waals surface area (Å²) in [6.07, 6.45) is -1.41. The SMILES string of the molecule is COC(=O)c1c(O)cc(OC)cc1/C=C/c1ccc(C(F)(F)F)cc1. The van der Waals surface area contributed by atoms with Gasteiger partial charge in [-0.15, -0.1) is 0 Å². The molecule has 25 heavy (non-hydrogen) atoms. The molecule has 0 radical (unpaired) electrons. The van der Waals surface area contributed by atoms with E-state index in [2.05, 4.69) is 4.74 Å². The van der Waals surface area contributed by atoms with Crippen LogP contribution in [0.25, 0.3) is 12.2 Å². The standard InChI is InChI=1S/C18H15F3O4/c1-24-14-9-12(16(15(22)10-14)17(23)25-2)6-3-11-4-7-13(8-5-11)18(19,20)21/h3-10,22H,1-2H3/b6-3+. The molecule has 0 saturated carbocycles. The second kappa shape index (κ2) is 7.29. The van der Waals surface area contributed by atoms with Crippen molar-refractivity contribution in [2.75, 3.05) is 14.2 Å². The molecule has 132 valence electrons. The van der Waals surface area contributed by atoms with Gasteiger partial charge in [-0.1, -0.05) is 24.3 Å². The second-order valence-corrected chi connectivity index (χ2v) is 5.06. The molecule has 0 spiro atoms. The van der Waals surface area contributed by atoms with Crippen LogP contribution in [0.5, 0.6) is 11.5 Å². The number of phenols is 1. The molecule has 0 aliphatic rings. The van der Waals surface area contributed by atoms with Gasteiger partial charge < -0.3 is 14.6 Å². The zero-order chi connectivity index (χ0) is 18.6. The molecule has 2 aromatic carbocycles. The maximum absolute atomic E-state index is 12.6. The Morgan fingerprint density at radius 2 is 1.72 bits per heavy atom. The number of rotatable bonds is 4. The minimum Gasteiger partial charge on any atom is -0.507 e. The van der Waals surface area contributed by atoms with Crippen molar-refractivity contribution in [3.63, 3.8) is 0 Å². The van der Waals surface area contributed by atoms with E-state index in [9.17, 15) is 23.1 Å². The minimum absolute atomic E-state index is 0.0635. The van der Waals surface area contributed by atoms with Crippen molar-refractivity contribution >= 4 is 18.1 Å². The summed E-state index contributed by atoms with van der Waals surface area (Å²) in [6, 6.07) is 7.30. The first-order valence-corrected chi connectivity index (χ1v) is 7.11. The van der Waals surface area contributed by atoms with E-state index < -0.39 is 17.7 Å². The molecular formula is C18H15F3O4. The van der Waals surface area contributed by atoms with Gasteiger partial charge >= 0.3 is 12.1 Å². The van der Waals surface area contributed by atoms with Crippen LogP contribution in [0.3, 0.4) is 0 Å². The molecule has 0 fully saturated rings. The summed E-state index contributed by atoms with van der Waals surface area (Å²) in [5.41, 5.74) is -0.0138. The summed E-state index contributed by atoms with van der Waals surface area (Å²) in [4.78, 5) is 11.8. The highest BCUT2D eigenvalue weighted by Gasteiger charge is 2.29. The van der Waals surface area contributed by atoms with Crippen LogP contribution in [0.4, 0.5) is 13.2 Å². The largest absolute Gasteiger partial charge is 0.507 e. The number of aromatic hydroxyl groups is 1. The predicted octanol–water partition coefficient (Wildman–Crippen LogP) is 4.38. The molecule has 0 aromatic heterocycles. The van der Waals surface area contributed by atoms with Crippen molar-refractivity contribution in [2.24, 2.45) is 0 Å². The summed E-state index contributed by atoms with van der Waals surface area (Å²) in [6.45, 7) is 0. The lowest BCUT2D eigenvalue weighted by Crippen LogP contribution is -2.05. The second-order valence-electron chi connectivity index (χ2n) is 5.06. The Bertz CT molecular complexity index is 793. The number of methoxy groups -OCH3 is 2. The van der Waals surface area contributed by atoms with Crippen LogP contribution >= 0.6 is 0 Å². The molecule has 7 heteroatoms. The summed E-state index contributed by atoms with van der Waals surface area (Å²) in [7, 11) is 2.57. The van der Waals surface area contributed by atoms with E-state index in [4.69, 9.17) is 4.74 Å². The number of esters is 1. The molecule has 2 aromatic rings. The Kier molecular flexibility index (Phi) is 5.36. The van der Waals surface area contributed by atoms with Crippen molar-refractivity contribution in [1.82, 2.24) is 0 Å². The first-order chi connectivity index (χ1) is 11.8. The first kappa shape index (κ1) is 18.4. The zero-order valence-corrected chi connectivity index (χ0v) is 13.4. The van der Waals surface area contributed by atoms with Crippen molar-refractivity contribution in [1.29, 1.82) is 0 Å². The average molecular weight is 352 g/mol. The summed E-state index contributed by atoms with van der Waals surface area (Å²) < 4.78 is 47.4. The van der Waals surface area contributed by atoms with E-state index in [1.807, 2.05) is 0 Å². The van der Waals surface area contributed by atoms with E-state index in [1.54, 1.807) is 0 Å². The van der Waals surface area contributed by atoms with Crippen molar-refractivity contribution in [2.45, 2.75) is 6.18 Å². The van der Waals surface area contributed by atoms with Gasteiger partial charge in [-0.25, -0.2) is 4.79 Å². The van der Waals surface area contributed by atoms with Crippen molar-refractivity contribution in [3.8, 4) is 11.5 Å². The van der Waals surface area contributed by atoms with Crippen LogP contribution < -0.4 is 4.74 Å². The Hall–Kier alpha value is -2.96. The van der Waals surface area contributed by atoms with E-state index >= 15 is 0 Å². The van der Waals surface area contributed by atoms with Crippen LogP contribution in [0.2, 0.25) is 0 Å². The molecule has 0 atom stereocenters. The molecular weight excluding hydrogens is 337 g/mol. The number of hydrogen-bond donors (Lipinski definition) is 1. The van der Waals surface area contributed by atoms with Crippen LogP contribution in [0.1, 0.15) is 27.0 Å². The van der Waals surface area contributed by atoms with Gasteiger partial charge in [-0.2, -0.15) is 13.2 Å². The van der Waals surface area contributed by atoms with Gasteiger partial charge in [0.2, 0.25) is 0 Å². The Morgan fingerprint density at radius 1 is 1.08 bits per heavy atom. The highest BCUT2D eigenvalue weighted by molar-refractivity contribution is 5.98. The topological polar surface area (TPSA) is 55.8 Å². The lowest BCUT2D eigenvalue weighted by Gasteiger charge is -2.10. The number of ether oxygens (including phenoxy) is 2. The van der Waals surface area contributed by atoms with Gasteiger partial charge in [-0.3, -0.25) is 0 Å². The molecule has 0 amide bonds. The number of hydrogen-bond acceptors (Lipinski definition) is 4. The van der Waals surface area contributed by atoms with Gasteiger partial charge in [-0.05, 0) is 29.3 Å². The summed E-state index contributed by atoms with van der Waals surface area (Å²) >= 11 is 0. The lowest BCUT2D eigenvalue weighted by molar-refractivity contribution is -0.137. The molecule has 1 N–H and O–H groups in total.